The Morgan fingerprint density at radius 1 is 1.17 bits per heavy atom. The zero-order chi connectivity index (χ0) is 17.5. The number of carbonyl (C=O) groups is 1. The Morgan fingerprint density at radius 2 is 1.79 bits per heavy atom. The third kappa shape index (κ3) is 2.87. The summed E-state index contributed by atoms with van der Waals surface area (Å²) in [6.45, 7) is 3.16. The highest BCUT2D eigenvalue weighted by molar-refractivity contribution is 9.10. The summed E-state index contributed by atoms with van der Waals surface area (Å²) in [7, 11) is -1.32. The van der Waals surface area contributed by atoms with E-state index in [2.05, 4.69) is 15.9 Å². The Bertz CT molecular complexity index is 844. The number of piperazine rings is 1. The number of nitrogens with zero attached hydrogens (tertiary/aromatic N) is 3. The molecule has 130 valence electrons. The molecule has 2 aromatic rings. The summed E-state index contributed by atoms with van der Waals surface area (Å²) in [6.07, 6.45) is 0. The van der Waals surface area contributed by atoms with Crippen LogP contribution in [0.3, 0.4) is 0 Å². The van der Waals surface area contributed by atoms with E-state index in [1.807, 2.05) is 35.9 Å². The number of rotatable bonds is 3. The number of hydrogen-bond donors (Lipinski definition) is 0. The molecule has 6 nitrogen and oxygen atoms in total. The Kier molecular flexibility index (Phi) is 4.72. The van der Waals surface area contributed by atoms with Gasteiger partial charge in [0.1, 0.15) is 5.69 Å². The first kappa shape index (κ1) is 17.4. The molecule has 0 aliphatic carbocycles. The molecule has 0 bridgehead atoms. The van der Waals surface area contributed by atoms with Gasteiger partial charge in [-0.25, -0.2) is 8.42 Å². The molecule has 1 amide bonds. The van der Waals surface area contributed by atoms with Gasteiger partial charge in [0.15, 0.2) is 0 Å². The summed E-state index contributed by atoms with van der Waals surface area (Å²) in [6, 6.07) is 7.83. The third-order valence-electron chi connectivity index (χ3n) is 4.53. The Morgan fingerprint density at radius 3 is 2.38 bits per heavy atom. The van der Waals surface area contributed by atoms with Gasteiger partial charge in [-0.05, 0) is 28.9 Å². The van der Waals surface area contributed by atoms with E-state index in [0.717, 1.165) is 15.4 Å². The fraction of sp³-hybridized carbons (Fsp3) is 0.438. The van der Waals surface area contributed by atoms with Crippen molar-refractivity contribution in [3.63, 3.8) is 0 Å². The quantitative estimate of drug-likeness (QED) is 0.773. The van der Waals surface area contributed by atoms with Crippen LogP contribution in [-0.2, 0) is 17.1 Å². The summed E-state index contributed by atoms with van der Waals surface area (Å²) in [5.41, 5.74) is 1.59. The summed E-state index contributed by atoms with van der Waals surface area (Å²) in [5.74, 6) is 0.0181. The van der Waals surface area contributed by atoms with Crippen molar-refractivity contribution in [1.29, 1.82) is 0 Å². The Hall–Kier alpha value is -1.38. The first-order valence-corrected chi connectivity index (χ1v) is 10.3. The minimum atomic E-state index is -3.19. The number of aryl methyl sites for hydroxylation is 1. The van der Waals surface area contributed by atoms with Crippen molar-refractivity contribution >= 4 is 42.8 Å². The summed E-state index contributed by atoms with van der Waals surface area (Å²) < 4.78 is 28.0. The molecule has 8 heteroatoms. The monoisotopic (exact) mass is 413 g/mol. The van der Waals surface area contributed by atoms with Crippen molar-refractivity contribution in [2.45, 2.75) is 6.92 Å². The number of amides is 1. The van der Waals surface area contributed by atoms with Crippen LogP contribution in [0.25, 0.3) is 10.9 Å². The van der Waals surface area contributed by atoms with E-state index in [9.17, 15) is 13.2 Å². The second kappa shape index (κ2) is 6.50. The lowest BCUT2D eigenvalue weighted by Crippen LogP contribution is -2.51. The van der Waals surface area contributed by atoms with Crippen LogP contribution in [0.15, 0.2) is 28.7 Å². The zero-order valence-corrected chi connectivity index (χ0v) is 16.1. The van der Waals surface area contributed by atoms with Crippen molar-refractivity contribution in [2.24, 2.45) is 7.05 Å². The molecule has 1 saturated heterocycles. The van der Waals surface area contributed by atoms with Gasteiger partial charge in [-0.3, -0.25) is 4.79 Å². The molecule has 0 spiro atoms. The maximum Gasteiger partial charge on any atom is 0.271 e. The molecule has 0 N–H and O–H groups in total. The number of sulfonamides is 1. The standard InChI is InChI=1S/C16H20BrN3O3S/c1-3-24(22,23)20-10-8-19(9-11-20)16(21)15-14(17)12-6-4-5-7-13(12)18(15)2/h4-7H,3,8-11H2,1-2H3. The molecule has 0 radical (unpaired) electrons. The van der Waals surface area contributed by atoms with Gasteiger partial charge in [-0.15, -0.1) is 0 Å². The van der Waals surface area contributed by atoms with Gasteiger partial charge >= 0.3 is 0 Å². The first-order valence-electron chi connectivity index (χ1n) is 7.87. The normalized spacial score (nSPS) is 16.7. The molecular formula is C16H20BrN3O3S. The molecule has 0 saturated carbocycles. The summed E-state index contributed by atoms with van der Waals surface area (Å²) >= 11 is 3.55. The Labute approximate surface area is 150 Å². The van der Waals surface area contributed by atoms with Gasteiger partial charge in [0.05, 0.1) is 10.2 Å². The lowest BCUT2D eigenvalue weighted by molar-refractivity contribution is 0.0688. The van der Waals surface area contributed by atoms with Gasteiger partial charge < -0.3 is 9.47 Å². The van der Waals surface area contributed by atoms with Gasteiger partial charge in [0, 0.05) is 44.1 Å². The van der Waals surface area contributed by atoms with Crippen LogP contribution in [0, 0.1) is 0 Å². The van der Waals surface area contributed by atoms with Crippen LogP contribution in [-0.4, -0.2) is 60.0 Å². The van der Waals surface area contributed by atoms with E-state index in [1.165, 1.54) is 4.31 Å². The molecule has 2 heterocycles. The van der Waals surface area contributed by atoms with Crippen LogP contribution in [0.5, 0.6) is 0 Å². The molecule has 1 aromatic heterocycles. The number of para-hydroxylation sites is 1. The molecule has 24 heavy (non-hydrogen) atoms. The highest BCUT2D eigenvalue weighted by atomic mass is 79.9. The summed E-state index contributed by atoms with van der Waals surface area (Å²) in [5, 5.41) is 0.996. The lowest BCUT2D eigenvalue weighted by atomic mass is 10.2. The van der Waals surface area contributed by atoms with E-state index in [4.69, 9.17) is 0 Å². The minimum Gasteiger partial charge on any atom is -0.339 e. The average Bonchev–Trinajstić information content (AvgIpc) is 2.86. The van der Waals surface area contributed by atoms with Crippen LogP contribution in [0.1, 0.15) is 17.4 Å². The maximum absolute atomic E-state index is 12.9. The van der Waals surface area contributed by atoms with Crippen molar-refractivity contribution < 1.29 is 13.2 Å². The fourth-order valence-corrected chi connectivity index (χ4v) is 4.94. The summed E-state index contributed by atoms with van der Waals surface area (Å²) in [4.78, 5) is 14.7. The number of aromatic nitrogens is 1. The number of halogens is 1. The van der Waals surface area contributed by atoms with Crippen LogP contribution >= 0.6 is 15.9 Å². The van der Waals surface area contributed by atoms with E-state index < -0.39 is 10.0 Å². The second-order valence-corrected chi connectivity index (χ2v) is 8.88. The largest absolute Gasteiger partial charge is 0.339 e. The van der Waals surface area contributed by atoms with E-state index in [-0.39, 0.29) is 11.7 Å². The van der Waals surface area contributed by atoms with Crippen molar-refractivity contribution in [1.82, 2.24) is 13.8 Å². The molecule has 3 rings (SSSR count). The smallest absolute Gasteiger partial charge is 0.271 e. The first-order chi connectivity index (χ1) is 11.4. The van der Waals surface area contributed by atoms with Crippen LogP contribution in [0.2, 0.25) is 0 Å². The van der Waals surface area contributed by atoms with Crippen molar-refractivity contribution in [3.8, 4) is 0 Å². The highest BCUT2D eigenvalue weighted by Crippen LogP contribution is 2.31. The number of fused-ring (bicyclic) bond motifs is 1. The molecule has 0 unspecified atom stereocenters. The van der Waals surface area contributed by atoms with Gasteiger partial charge in [0.25, 0.3) is 5.91 Å². The highest BCUT2D eigenvalue weighted by Gasteiger charge is 2.30. The van der Waals surface area contributed by atoms with Crippen LogP contribution < -0.4 is 0 Å². The fourth-order valence-electron chi connectivity index (χ4n) is 3.09. The predicted molar refractivity (Wildman–Crippen MR) is 97.6 cm³/mol. The van der Waals surface area contributed by atoms with Gasteiger partial charge in [-0.1, -0.05) is 18.2 Å². The van der Waals surface area contributed by atoms with E-state index in [0.29, 0.717) is 31.9 Å². The topological polar surface area (TPSA) is 62.6 Å². The molecule has 0 atom stereocenters. The van der Waals surface area contributed by atoms with E-state index in [1.54, 1.807) is 11.8 Å². The third-order valence-corrected chi connectivity index (χ3v) is 7.22. The van der Waals surface area contributed by atoms with Gasteiger partial charge in [-0.2, -0.15) is 4.31 Å². The number of carbonyl (C=O) groups excluding carboxylic acids is 1. The average molecular weight is 414 g/mol. The molecule has 1 aliphatic heterocycles. The Balaban J connectivity index is 1.84. The molecular weight excluding hydrogens is 394 g/mol. The number of hydrogen-bond acceptors (Lipinski definition) is 3. The predicted octanol–water partition coefficient (Wildman–Crippen LogP) is 2.05. The zero-order valence-electron chi connectivity index (χ0n) is 13.7. The second-order valence-electron chi connectivity index (χ2n) is 5.83. The van der Waals surface area contributed by atoms with Crippen molar-refractivity contribution in [2.75, 3.05) is 31.9 Å². The molecule has 1 aromatic carbocycles. The SMILES string of the molecule is CCS(=O)(=O)N1CCN(C(=O)c2c(Br)c3ccccc3n2C)CC1. The molecule has 1 fully saturated rings. The number of benzene rings is 1. The lowest BCUT2D eigenvalue weighted by Gasteiger charge is -2.34. The van der Waals surface area contributed by atoms with E-state index >= 15 is 0 Å². The molecule has 1 aliphatic rings. The minimum absolute atomic E-state index is 0.0749. The van der Waals surface area contributed by atoms with Gasteiger partial charge in [0.2, 0.25) is 10.0 Å². The van der Waals surface area contributed by atoms with Crippen molar-refractivity contribution in [3.05, 3.63) is 34.4 Å². The maximum atomic E-state index is 12.9. The van der Waals surface area contributed by atoms with Crippen LogP contribution in [0.4, 0.5) is 0 Å².